The molecular weight excluding hydrogens is 911 g/mol. The summed E-state index contributed by atoms with van der Waals surface area (Å²) in [5, 5.41) is 23.0. The molecule has 0 saturated heterocycles. The van der Waals surface area contributed by atoms with Crippen molar-refractivity contribution in [3.63, 3.8) is 0 Å². The van der Waals surface area contributed by atoms with Crippen molar-refractivity contribution in [1.82, 2.24) is 5.32 Å². The van der Waals surface area contributed by atoms with Crippen molar-refractivity contribution in [2.24, 2.45) is 0 Å². The molecule has 0 heterocycles. The number of hydrogen-bond acceptors (Lipinski definition) is 5. The van der Waals surface area contributed by atoms with E-state index in [-0.39, 0.29) is 18.5 Å². The van der Waals surface area contributed by atoms with E-state index in [9.17, 15) is 19.8 Å². The van der Waals surface area contributed by atoms with E-state index in [0.29, 0.717) is 19.4 Å². The van der Waals surface area contributed by atoms with Crippen molar-refractivity contribution in [1.29, 1.82) is 0 Å². The van der Waals surface area contributed by atoms with Crippen LogP contribution >= 0.6 is 0 Å². The van der Waals surface area contributed by atoms with Gasteiger partial charge in [-0.25, -0.2) is 0 Å². The Morgan fingerprint density at radius 3 is 1.07 bits per heavy atom. The molecule has 1 amide bonds. The molecule has 0 aromatic rings. The zero-order valence-electron chi connectivity index (χ0n) is 49.6. The number of ether oxygens (including phenoxy) is 1. The highest BCUT2D eigenvalue weighted by atomic mass is 16.5. The van der Waals surface area contributed by atoms with Gasteiger partial charge in [0, 0.05) is 12.8 Å². The highest BCUT2D eigenvalue weighted by molar-refractivity contribution is 5.76. The summed E-state index contributed by atoms with van der Waals surface area (Å²) in [5.41, 5.74) is 0. The molecule has 6 heteroatoms. The number of unbranched alkanes of at least 4 members (excludes halogenated alkanes) is 44. The Kier molecular flexibility index (Phi) is 61.5. The number of aliphatic hydroxyl groups is 2. The SMILES string of the molecule is CCCCC/C=C\C/C=C\CCCCCCCCCC(=O)OCCCCCCCCCCCCCC/C=C\CCCCCCCCCCCCCCCC(=O)NC(CO)C(O)/C=C/CCCCCCCCCCC. The van der Waals surface area contributed by atoms with Crippen LogP contribution in [0, 0.1) is 0 Å². The summed E-state index contributed by atoms with van der Waals surface area (Å²) in [5.74, 6) is -0.0598. The largest absolute Gasteiger partial charge is 0.466 e. The summed E-state index contributed by atoms with van der Waals surface area (Å²) in [7, 11) is 0. The molecular formula is C68H127NO5. The molecule has 0 saturated carbocycles. The lowest BCUT2D eigenvalue weighted by Gasteiger charge is -2.20. The number of allylic oxidation sites excluding steroid dienone is 7. The molecule has 0 bridgehead atoms. The highest BCUT2D eigenvalue weighted by Gasteiger charge is 2.18. The first-order valence-electron chi connectivity index (χ1n) is 32.9. The lowest BCUT2D eigenvalue weighted by atomic mass is 10.0. The van der Waals surface area contributed by atoms with Gasteiger partial charge in [0.25, 0.3) is 0 Å². The average Bonchev–Trinajstić information content (AvgIpc) is 3.40. The fourth-order valence-corrected chi connectivity index (χ4v) is 10.0. The third-order valence-corrected chi connectivity index (χ3v) is 15.1. The van der Waals surface area contributed by atoms with Gasteiger partial charge in [-0.2, -0.15) is 0 Å². The van der Waals surface area contributed by atoms with E-state index >= 15 is 0 Å². The predicted molar refractivity (Wildman–Crippen MR) is 324 cm³/mol. The fraction of sp³-hybridized carbons (Fsp3) is 0.853. The minimum atomic E-state index is -0.843. The first kappa shape index (κ1) is 71.8. The number of rotatable bonds is 61. The number of hydrogen-bond donors (Lipinski definition) is 3. The first-order valence-corrected chi connectivity index (χ1v) is 32.9. The summed E-state index contributed by atoms with van der Waals surface area (Å²) in [4.78, 5) is 24.5. The number of amides is 1. The normalized spacial score (nSPS) is 12.9. The van der Waals surface area contributed by atoms with Crippen molar-refractivity contribution in [2.45, 2.75) is 360 Å². The smallest absolute Gasteiger partial charge is 0.305 e. The van der Waals surface area contributed by atoms with Crippen molar-refractivity contribution in [2.75, 3.05) is 13.2 Å². The first-order chi connectivity index (χ1) is 36.5. The van der Waals surface area contributed by atoms with Gasteiger partial charge in [0.1, 0.15) is 0 Å². The minimum absolute atomic E-state index is 0.00816. The van der Waals surface area contributed by atoms with Gasteiger partial charge in [0.15, 0.2) is 0 Å². The Morgan fingerprint density at radius 1 is 0.378 bits per heavy atom. The summed E-state index contributed by atoms with van der Waals surface area (Å²) in [6.45, 7) is 4.87. The maximum atomic E-state index is 12.4. The van der Waals surface area contributed by atoms with E-state index in [2.05, 4.69) is 55.6 Å². The van der Waals surface area contributed by atoms with E-state index in [0.717, 1.165) is 51.4 Å². The van der Waals surface area contributed by atoms with E-state index < -0.39 is 12.1 Å². The van der Waals surface area contributed by atoms with Crippen LogP contribution in [0.15, 0.2) is 48.6 Å². The van der Waals surface area contributed by atoms with Crippen LogP contribution in [0.3, 0.4) is 0 Å². The Balaban J connectivity index is 3.37. The predicted octanol–water partition coefficient (Wildman–Crippen LogP) is 20.9. The second-order valence-corrected chi connectivity index (χ2v) is 22.4. The van der Waals surface area contributed by atoms with Crippen molar-refractivity contribution < 1.29 is 24.5 Å². The van der Waals surface area contributed by atoms with Crippen LogP contribution in [0.1, 0.15) is 348 Å². The molecule has 0 aliphatic rings. The summed E-state index contributed by atoms with van der Waals surface area (Å²) in [6, 6.07) is -0.626. The van der Waals surface area contributed by atoms with E-state index in [1.54, 1.807) is 6.08 Å². The second-order valence-electron chi connectivity index (χ2n) is 22.4. The molecule has 74 heavy (non-hydrogen) atoms. The topological polar surface area (TPSA) is 95.9 Å². The molecule has 2 unspecified atom stereocenters. The van der Waals surface area contributed by atoms with Crippen LogP contribution in [-0.2, 0) is 14.3 Å². The van der Waals surface area contributed by atoms with Gasteiger partial charge in [-0.15, -0.1) is 0 Å². The minimum Gasteiger partial charge on any atom is -0.466 e. The lowest BCUT2D eigenvalue weighted by molar-refractivity contribution is -0.143. The number of esters is 1. The fourth-order valence-electron chi connectivity index (χ4n) is 10.0. The number of nitrogens with one attached hydrogen (secondary N) is 1. The Labute approximate surface area is 461 Å². The van der Waals surface area contributed by atoms with Crippen LogP contribution in [0.2, 0.25) is 0 Å². The van der Waals surface area contributed by atoms with Crippen LogP contribution in [-0.4, -0.2) is 47.4 Å². The molecule has 0 fully saturated rings. The van der Waals surface area contributed by atoms with Crippen molar-refractivity contribution in [3.05, 3.63) is 48.6 Å². The quantitative estimate of drug-likeness (QED) is 0.0320. The van der Waals surface area contributed by atoms with Crippen LogP contribution in [0.5, 0.6) is 0 Å². The molecule has 0 aliphatic heterocycles. The molecule has 0 aromatic heterocycles. The highest BCUT2D eigenvalue weighted by Crippen LogP contribution is 2.17. The van der Waals surface area contributed by atoms with Gasteiger partial charge < -0.3 is 20.3 Å². The molecule has 0 aromatic carbocycles. The van der Waals surface area contributed by atoms with Gasteiger partial charge >= 0.3 is 5.97 Å². The van der Waals surface area contributed by atoms with Crippen molar-refractivity contribution >= 4 is 11.9 Å². The molecule has 3 N–H and O–H groups in total. The van der Waals surface area contributed by atoms with E-state index in [1.165, 1.54) is 270 Å². The maximum Gasteiger partial charge on any atom is 0.305 e. The molecule has 434 valence electrons. The zero-order chi connectivity index (χ0) is 53.6. The molecule has 0 rings (SSSR count). The summed E-state index contributed by atoms with van der Waals surface area (Å²) < 4.78 is 5.49. The number of aliphatic hydroxyl groups excluding tert-OH is 2. The van der Waals surface area contributed by atoms with Gasteiger partial charge in [-0.1, -0.05) is 294 Å². The molecule has 0 aliphatic carbocycles. The summed E-state index contributed by atoms with van der Waals surface area (Å²) in [6.07, 6.45) is 81.8. The Hall–Kier alpha value is -2.18. The second kappa shape index (κ2) is 63.4. The van der Waals surface area contributed by atoms with Crippen LogP contribution < -0.4 is 5.32 Å². The van der Waals surface area contributed by atoms with E-state index in [4.69, 9.17) is 4.74 Å². The zero-order valence-corrected chi connectivity index (χ0v) is 49.6. The Bertz CT molecular complexity index is 1240. The third kappa shape index (κ3) is 59.1. The maximum absolute atomic E-state index is 12.4. The van der Waals surface area contributed by atoms with Crippen LogP contribution in [0.25, 0.3) is 0 Å². The van der Waals surface area contributed by atoms with Crippen molar-refractivity contribution in [3.8, 4) is 0 Å². The monoisotopic (exact) mass is 1040 g/mol. The Morgan fingerprint density at radius 2 is 0.676 bits per heavy atom. The van der Waals surface area contributed by atoms with Gasteiger partial charge in [0.2, 0.25) is 5.91 Å². The van der Waals surface area contributed by atoms with Gasteiger partial charge in [-0.05, 0) is 89.9 Å². The van der Waals surface area contributed by atoms with Crippen LogP contribution in [0.4, 0.5) is 0 Å². The number of carbonyl (C=O) groups excluding carboxylic acids is 2. The third-order valence-electron chi connectivity index (χ3n) is 15.1. The standard InChI is InChI=1S/C68H127NO5/c1-3-5-7-9-11-13-15-16-17-31-35-38-42-46-50-54-58-62-68(73)74-63-59-55-51-47-43-39-36-33-30-28-26-24-22-20-18-19-21-23-25-27-29-32-34-37-41-45-49-53-57-61-67(72)69-65(64-70)66(71)60-56-52-48-44-40-14-12-10-8-6-4-2/h11,13,16-18,20,56,60,65-66,70-71H,3-10,12,14-15,19,21-55,57-59,61-64H2,1-2H3,(H,69,72)/b13-11-,17-16-,20-18-,60-56+. The molecule has 0 spiro atoms. The van der Waals surface area contributed by atoms with Gasteiger partial charge in [-0.3, -0.25) is 9.59 Å². The average molecular weight is 1040 g/mol. The van der Waals surface area contributed by atoms with E-state index in [1.807, 2.05) is 6.08 Å². The summed E-state index contributed by atoms with van der Waals surface area (Å²) >= 11 is 0. The lowest BCUT2D eigenvalue weighted by Crippen LogP contribution is -2.45. The molecule has 6 nitrogen and oxygen atoms in total. The molecule has 0 radical (unpaired) electrons. The molecule has 2 atom stereocenters. The number of carbonyl (C=O) groups is 2. The van der Waals surface area contributed by atoms with Gasteiger partial charge in [0.05, 0.1) is 25.4 Å².